The summed E-state index contributed by atoms with van der Waals surface area (Å²) >= 11 is 0. The fourth-order valence-corrected chi connectivity index (χ4v) is 4.06. The smallest absolute Gasteiger partial charge is 0.224 e. The van der Waals surface area contributed by atoms with Crippen molar-refractivity contribution in [2.45, 2.75) is 38.9 Å². The second-order valence-electron chi connectivity index (χ2n) is 7.27. The highest BCUT2D eigenvalue weighted by Crippen LogP contribution is 2.35. The van der Waals surface area contributed by atoms with Crippen LogP contribution >= 0.6 is 0 Å². The Morgan fingerprint density at radius 3 is 3.00 bits per heavy atom. The Kier molecular flexibility index (Phi) is 4.64. The molecule has 1 saturated heterocycles. The molecule has 2 aromatic rings. The van der Waals surface area contributed by atoms with Gasteiger partial charge in [0, 0.05) is 25.5 Å². The van der Waals surface area contributed by atoms with E-state index in [1.807, 2.05) is 6.92 Å². The summed E-state index contributed by atoms with van der Waals surface area (Å²) in [6.45, 7) is 4.82. The van der Waals surface area contributed by atoms with Crippen LogP contribution in [0.4, 0.5) is 11.8 Å². The summed E-state index contributed by atoms with van der Waals surface area (Å²) in [6, 6.07) is 5.74. The lowest BCUT2D eigenvalue weighted by Gasteiger charge is -2.43. The normalized spacial score (nSPS) is 23.9. The van der Waals surface area contributed by atoms with Crippen molar-refractivity contribution in [3.8, 4) is 6.07 Å². The summed E-state index contributed by atoms with van der Waals surface area (Å²) in [6.07, 6.45) is 5.39. The molecular weight excluding hydrogens is 342 g/mol. The number of nitriles is 1. The van der Waals surface area contributed by atoms with Gasteiger partial charge in [0.25, 0.3) is 0 Å². The maximum atomic E-state index is 13.7. The van der Waals surface area contributed by atoms with Crippen LogP contribution in [0.25, 0.3) is 0 Å². The molecule has 0 spiro atoms. The monoisotopic (exact) mass is 365 g/mol. The van der Waals surface area contributed by atoms with Gasteiger partial charge in [-0.05, 0) is 31.9 Å². The molecule has 0 radical (unpaired) electrons. The van der Waals surface area contributed by atoms with Crippen LogP contribution in [0.3, 0.4) is 0 Å². The lowest BCUT2D eigenvalue weighted by molar-refractivity contribution is -0.907. The van der Waals surface area contributed by atoms with E-state index in [0.717, 1.165) is 37.3 Å². The molecular formula is C19H23N7O. The van der Waals surface area contributed by atoms with Gasteiger partial charge < -0.3 is 20.1 Å². The standard InChI is InChI=1S/C19H23N7O/c1-2-21-19-23-10-15-11-26(27,12-16-6-5-14(8-20)9-22-16)13-17-4-3-7-25(17)18(15)24-19/h5-6,9-10,17H,2-4,7,11-13H2,1H3,(H,21,23,24)/t17-,26?/m0/s1. The number of hydroxylamine groups is 3. The second-order valence-corrected chi connectivity index (χ2v) is 7.27. The zero-order valence-corrected chi connectivity index (χ0v) is 15.4. The molecule has 2 aromatic heterocycles. The van der Waals surface area contributed by atoms with Crippen molar-refractivity contribution in [1.82, 2.24) is 15.0 Å². The Labute approximate surface area is 158 Å². The van der Waals surface area contributed by atoms with Gasteiger partial charge in [-0.3, -0.25) is 4.98 Å². The van der Waals surface area contributed by atoms with E-state index in [2.05, 4.69) is 26.3 Å². The van der Waals surface area contributed by atoms with E-state index in [0.29, 0.717) is 30.3 Å². The molecule has 1 N–H and O–H groups in total. The Hall–Kier alpha value is -2.76. The average Bonchev–Trinajstić information content (AvgIpc) is 3.07. The van der Waals surface area contributed by atoms with E-state index >= 15 is 0 Å². The quantitative estimate of drug-likeness (QED) is 0.654. The third-order valence-corrected chi connectivity index (χ3v) is 5.23. The van der Waals surface area contributed by atoms with Gasteiger partial charge in [0.05, 0.1) is 29.4 Å². The molecule has 0 amide bonds. The summed E-state index contributed by atoms with van der Waals surface area (Å²) in [5.74, 6) is 1.51. The topological polar surface area (TPSA) is 101 Å². The number of nitrogens with zero attached hydrogens (tertiary/aromatic N) is 6. The van der Waals surface area contributed by atoms with Gasteiger partial charge >= 0.3 is 0 Å². The van der Waals surface area contributed by atoms with E-state index in [9.17, 15) is 5.21 Å². The van der Waals surface area contributed by atoms with Crippen molar-refractivity contribution in [3.05, 3.63) is 46.6 Å². The van der Waals surface area contributed by atoms with Gasteiger partial charge in [0.2, 0.25) is 5.95 Å². The number of quaternary nitrogens is 1. The summed E-state index contributed by atoms with van der Waals surface area (Å²) < 4.78 is -0.378. The number of pyridine rings is 1. The largest absolute Gasteiger partial charge is 0.632 e. The highest BCUT2D eigenvalue weighted by atomic mass is 16.5. The van der Waals surface area contributed by atoms with Crippen LogP contribution in [0.15, 0.2) is 24.5 Å². The molecule has 4 rings (SSSR count). The van der Waals surface area contributed by atoms with Crippen molar-refractivity contribution in [3.63, 3.8) is 0 Å². The number of anilines is 2. The number of hydrogen-bond donors (Lipinski definition) is 1. The number of hydrogen-bond acceptors (Lipinski definition) is 7. The molecule has 0 bridgehead atoms. The first-order valence-corrected chi connectivity index (χ1v) is 9.39. The minimum absolute atomic E-state index is 0.187. The Balaban J connectivity index is 1.65. The Morgan fingerprint density at radius 2 is 2.26 bits per heavy atom. The molecule has 2 aliphatic heterocycles. The number of nitrogens with one attached hydrogen (secondary N) is 1. The summed E-state index contributed by atoms with van der Waals surface area (Å²) in [5.41, 5.74) is 2.11. The molecule has 0 aromatic carbocycles. The number of aromatic nitrogens is 3. The fraction of sp³-hybridized carbons (Fsp3) is 0.474. The van der Waals surface area contributed by atoms with Gasteiger partial charge in [-0.25, -0.2) is 4.98 Å². The molecule has 1 fully saturated rings. The molecule has 8 nitrogen and oxygen atoms in total. The molecule has 2 aliphatic rings. The van der Waals surface area contributed by atoms with Crippen LogP contribution in [0, 0.1) is 16.5 Å². The molecule has 4 heterocycles. The van der Waals surface area contributed by atoms with Crippen LogP contribution in [0.1, 0.15) is 36.6 Å². The number of rotatable bonds is 4. The summed E-state index contributed by atoms with van der Waals surface area (Å²) in [7, 11) is 0. The average molecular weight is 365 g/mol. The first-order valence-electron chi connectivity index (χ1n) is 9.39. The van der Waals surface area contributed by atoms with Crippen LogP contribution in [-0.2, 0) is 13.1 Å². The molecule has 140 valence electrons. The van der Waals surface area contributed by atoms with Crippen molar-refractivity contribution in [2.75, 3.05) is 29.9 Å². The molecule has 0 saturated carbocycles. The van der Waals surface area contributed by atoms with E-state index < -0.39 is 0 Å². The first kappa shape index (κ1) is 17.6. The predicted molar refractivity (Wildman–Crippen MR) is 101 cm³/mol. The Bertz CT molecular complexity index is 863. The van der Waals surface area contributed by atoms with Gasteiger partial charge in [-0.1, -0.05) is 0 Å². The zero-order chi connectivity index (χ0) is 18.9. The fourth-order valence-electron chi connectivity index (χ4n) is 4.06. The van der Waals surface area contributed by atoms with Crippen LogP contribution in [0.2, 0.25) is 0 Å². The minimum atomic E-state index is -0.378. The molecule has 0 aliphatic carbocycles. The Morgan fingerprint density at radius 1 is 1.37 bits per heavy atom. The van der Waals surface area contributed by atoms with E-state index in [1.54, 1.807) is 18.3 Å². The predicted octanol–water partition coefficient (Wildman–Crippen LogP) is 2.17. The summed E-state index contributed by atoms with van der Waals surface area (Å²) in [5, 5.41) is 25.8. The molecule has 1 unspecified atom stereocenters. The van der Waals surface area contributed by atoms with Crippen LogP contribution < -0.4 is 10.2 Å². The zero-order valence-electron chi connectivity index (χ0n) is 15.4. The first-order chi connectivity index (χ1) is 13.1. The minimum Gasteiger partial charge on any atom is -0.632 e. The molecule has 27 heavy (non-hydrogen) atoms. The van der Waals surface area contributed by atoms with E-state index in [-0.39, 0.29) is 17.2 Å². The highest BCUT2D eigenvalue weighted by molar-refractivity contribution is 5.51. The highest BCUT2D eigenvalue weighted by Gasteiger charge is 2.38. The van der Waals surface area contributed by atoms with Crippen molar-refractivity contribution in [1.29, 1.82) is 5.26 Å². The maximum Gasteiger partial charge on any atom is 0.224 e. The van der Waals surface area contributed by atoms with Gasteiger partial charge in [0.1, 0.15) is 25.0 Å². The maximum absolute atomic E-state index is 13.7. The third-order valence-electron chi connectivity index (χ3n) is 5.23. The van der Waals surface area contributed by atoms with Gasteiger partial charge in [-0.2, -0.15) is 10.2 Å². The lowest BCUT2D eigenvalue weighted by Crippen LogP contribution is -2.47. The third kappa shape index (κ3) is 3.56. The van der Waals surface area contributed by atoms with Crippen molar-refractivity contribution >= 4 is 11.8 Å². The van der Waals surface area contributed by atoms with Crippen molar-refractivity contribution < 1.29 is 4.65 Å². The molecule has 8 heteroatoms. The van der Waals surface area contributed by atoms with Crippen LogP contribution in [0.5, 0.6) is 0 Å². The summed E-state index contributed by atoms with van der Waals surface area (Å²) in [4.78, 5) is 15.7. The van der Waals surface area contributed by atoms with Gasteiger partial charge in [-0.15, -0.1) is 0 Å². The molecule has 2 atom stereocenters. The van der Waals surface area contributed by atoms with E-state index in [1.165, 1.54) is 6.20 Å². The number of fused-ring (bicyclic) bond motifs is 3. The SMILES string of the molecule is CCNc1ncc2c(n1)N1CCC[C@H]1C[N+]([O-])(Cc1ccc(C#N)cn1)C2. The second kappa shape index (κ2) is 7.10. The van der Waals surface area contributed by atoms with Crippen LogP contribution in [-0.4, -0.2) is 45.3 Å². The van der Waals surface area contributed by atoms with E-state index in [4.69, 9.17) is 10.2 Å². The van der Waals surface area contributed by atoms with Crippen molar-refractivity contribution in [2.24, 2.45) is 0 Å². The van der Waals surface area contributed by atoms with Gasteiger partial charge in [0.15, 0.2) is 0 Å². The lowest BCUT2D eigenvalue weighted by atomic mass is 10.2.